The van der Waals surface area contributed by atoms with Crippen molar-refractivity contribution in [1.82, 2.24) is 0 Å². The summed E-state index contributed by atoms with van der Waals surface area (Å²) in [6.07, 6.45) is 7.20. The molecule has 0 amide bonds. The summed E-state index contributed by atoms with van der Waals surface area (Å²) >= 11 is 0. The molecule has 0 heterocycles. The predicted octanol–water partition coefficient (Wildman–Crippen LogP) is 4.13. The van der Waals surface area contributed by atoms with Gasteiger partial charge < -0.3 is 5.11 Å². The largest absolute Gasteiger partial charge is 0.388 e. The fourth-order valence-corrected chi connectivity index (χ4v) is 7.39. The van der Waals surface area contributed by atoms with Crippen LogP contribution in [-0.2, 0) is 4.79 Å². The lowest BCUT2D eigenvalue weighted by atomic mass is 9.41. The van der Waals surface area contributed by atoms with Gasteiger partial charge in [-0.05, 0) is 67.3 Å². The zero-order chi connectivity index (χ0) is 15.9. The first kappa shape index (κ1) is 14.9. The van der Waals surface area contributed by atoms with Crippen LogP contribution in [0, 0.1) is 34.0 Å². The lowest BCUT2D eigenvalue weighted by molar-refractivity contribution is -0.176. The molecule has 0 aliphatic heterocycles. The fourth-order valence-electron chi connectivity index (χ4n) is 7.39. The molecule has 2 nitrogen and oxygen atoms in total. The zero-order valence-corrected chi connectivity index (χ0v) is 14.3. The maximum atomic E-state index is 12.5. The minimum absolute atomic E-state index is 0.0711. The van der Waals surface area contributed by atoms with Crippen molar-refractivity contribution in [3.8, 4) is 0 Å². The second kappa shape index (κ2) is 4.26. The summed E-state index contributed by atoms with van der Waals surface area (Å²) in [7, 11) is 0. The molecule has 4 aliphatic carbocycles. The van der Waals surface area contributed by atoms with Crippen molar-refractivity contribution in [3.63, 3.8) is 0 Å². The van der Waals surface area contributed by atoms with Crippen LogP contribution in [0.15, 0.2) is 12.2 Å². The molecule has 6 unspecified atom stereocenters. The van der Waals surface area contributed by atoms with Gasteiger partial charge in [0.1, 0.15) is 5.78 Å². The Morgan fingerprint density at radius 2 is 1.82 bits per heavy atom. The van der Waals surface area contributed by atoms with Crippen LogP contribution >= 0.6 is 0 Å². The molecule has 6 atom stereocenters. The van der Waals surface area contributed by atoms with Gasteiger partial charge in [-0.25, -0.2) is 0 Å². The smallest absolute Gasteiger partial charge is 0.138 e. The lowest BCUT2D eigenvalue weighted by Gasteiger charge is -2.63. The molecule has 4 fully saturated rings. The molecule has 122 valence electrons. The Morgan fingerprint density at radius 3 is 2.55 bits per heavy atom. The molecule has 1 spiro atoms. The SMILES string of the molecule is C=C1C2CCC3C4(C)CCC(=O)C(C)(C)C4CCC3(C2)C1O. The maximum Gasteiger partial charge on any atom is 0.138 e. The molecule has 0 saturated heterocycles. The van der Waals surface area contributed by atoms with E-state index in [1.165, 1.54) is 12.8 Å². The van der Waals surface area contributed by atoms with E-state index in [1.54, 1.807) is 0 Å². The van der Waals surface area contributed by atoms with E-state index in [9.17, 15) is 9.90 Å². The van der Waals surface area contributed by atoms with Gasteiger partial charge in [0.15, 0.2) is 0 Å². The number of aliphatic hydroxyl groups excluding tert-OH is 1. The average molecular weight is 302 g/mol. The van der Waals surface area contributed by atoms with E-state index in [4.69, 9.17) is 0 Å². The van der Waals surface area contributed by atoms with Crippen LogP contribution in [0.5, 0.6) is 0 Å². The van der Waals surface area contributed by atoms with Crippen molar-refractivity contribution in [2.75, 3.05) is 0 Å². The van der Waals surface area contributed by atoms with Gasteiger partial charge in [0, 0.05) is 17.3 Å². The van der Waals surface area contributed by atoms with E-state index < -0.39 is 0 Å². The molecule has 2 bridgehead atoms. The predicted molar refractivity (Wildman–Crippen MR) is 87.3 cm³/mol. The van der Waals surface area contributed by atoms with Gasteiger partial charge in [-0.1, -0.05) is 27.4 Å². The van der Waals surface area contributed by atoms with Gasteiger partial charge in [0.05, 0.1) is 6.10 Å². The Morgan fingerprint density at radius 1 is 1.09 bits per heavy atom. The Kier molecular flexibility index (Phi) is 2.89. The normalized spacial score (nSPS) is 53.1. The Balaban J connectivity index is 1.78. The van der Waals surface area contributed by atoms with Crippen molar-refractivity contribution in [3.05, 3.63) is 12.2 Å². The van der Waals surface area contributed by atoms with Crippen LogP contribution in [0.25, 0.3) is 0 Å². The summed E-state index contributed by atoms with van der Waals surface area (Å²) in [6, 6.07) is 0. The topological polar surface area (TPSA) is 37.3 Å². The molecule has 4 saturated carbocycles. The first-order chi connectivity index (χ1) is 10.2. The highest BCUT2D eigenvalue weighted by Crippen LogP contribution is 2.71. The molecule has 4 aliphatic rings. The molecule has 0 aromatic heterocycles. The number of ketones is 1. The summed E-state index contributed by atoms with van der Waals surface area (Å²) in [4.78, 5) is 12.5. The van der Waals surface area contributed by atoms with Gasteiger partial charge >= 0.3 is 0 Å². The van der Waals surface area contributed by atoms with Crippen LogP contribution in [-0.4, -0.2) is 17.0 Å². The van der Waals surface area contributed by atoms with Crippen LogP contribution in [0.2, 0.25) is 0 Å². The van der Waals surface area contributed by atoms with Crippen LogP contribution in [0.1, 0.15) is 65.7 Å². The van der Waals surface area contributed by atoms with Crippen molar-refractivity contribution in [2.24, 2.45) is 34.0 Å². The molecule has 4 rings (SSSR count). The third kappa shape index (κ3) is 1.53. The summed E-state index contributed by atoms with van der Waals surface area (Å²) in [5, 5.41) is 11.0. The monoisotopic (exact) mass is 302 g/mol. The standard InChI is InChI=1S/C20H30O2/c1-12-13-5-6-15-19(4)9-8-16(21)18(2,3)14(19)7-10-20(15,11-13)17(12)22/h13-15,17,22H,1,5-11H2,2-4H3. The number of aliphatic hydroxyl groups is 1. The van der Waals surface area contributed by atoms with Gasteiger partial charge in [-0.2, -0.15) is 0 Å². The molecule has 0 aromatic rings. The summed E-state index contributed by atoms with van der Waals surface area (Å²) < 4.78 is 0. The van der Waals surface area contributed by atoms with E-state index in [0.717, 1.165) is 37.7 Å². The first-order valence-corrected chi connectivity index (χ1v) is 9.13. The molecular weight excluding hydrogens is 272 g/mol. The van der Waals surface area contributed by atoms with Gasteiger partial charge in [0.2, 0.25) is 0 Å². The number of carbonyl (C=O) groups is 1. The second-order valence-electron chi connectivity index (χ2n) is 9.48. The third-order valence-corrected chi connectivity index (χ3v) is 8.52. The fraction of sp³-hybridized carbons (Fsp3) is 0.850. The van der Waals surface area contributed by atoms with E-state index in [2.05, 4.69) is 27.4 Å². The van der Waals surface area contributed by atoms with Crippen LogP contribution < -0.4 is 0 Å². The first-order valence-electron chi connectivity index (χ1n) is 9.13. The van der Waals surface area contributed by atoms with E-state index >= 15 is 0 Å². The number of hydrogen-bond acceptors (Lipinski definition) is 2. The summed E-state index contributed by atoms with van der Waals surface area (Å²) in [5.41, 5.74) is 1.20. The van der Waals surface area contributed by atoms with Crippen molar-refractivity contribution in [2.45, 2.75) is 71.8 Å². The van der Waals surface area contributed by atoms with Gasteiger partial charge in [0.25, 0.3) is 0 Å². The average Bonchev–Trinajstić information content (AvgIpc) is 2.65. The Hall–Kier alpha value is -0.630. The Labute approximate surface area is 134 Å². The quantitative estimate of drug-likeness (QED) is 0.683. The molecule has 2 heteroatoms. The number of hydrogen-bond donors (Lipinski definition) is 1. The molecule has 0 radical (unpaired) electrons. The van der Waals surface area contributed by atoms with Gasteiger partial charge in [-0.3, -0.25) is 4.79 Å². The van der Waals surface area contributed by atoms with E-state index in [-0.39, 0.29) is 22.3 Å². The van der Waals surface area contributed by atoms with Crippen molar-refractivity contribution in [1.29, 1.82) is 0 Å². The van der Waals surface area contributed by atoms with E-state index in [0.29, 0.717) is 23.5 Å². The highest BCUT2D eigenvalue weighted by Gasteiger charge is 2.67. The van der Waals surface area contributed by atoms with Crippen molar-refractivity contribution < 1.29 is 9.90 Å². The lowest BCUT2D eigenvalue weighted by Crippen LogP contribution is -2.60. The second-order valence-corrected chi connectivity index (χ2v) is 9.48. The van der Waals surface area contributed by atoms with Gasteiger partial charge in [-0.15, -0.1) is 0 Å². The number of rotatable bonds is 0. The molecule has 1 N–H and O–H groups in total. The maximum absolute atomic E-state index is 12.5. The van der Waals surface area contributed by atoms with Crippen LogP contribution in [0.3, 0.4) is 0 Å². The summed E-state index contributed by atoms with van der Waals surface area (Å²) in [5.74, 6) is 2.05. The van der Waals surface area contributed by atoms with Crippen molar-refractivity contribution >= 4 is 5.78 Å². The van der Waals surface area contributed by atoms with Crippen LogP contribution in [0.4, 0.5) is 0 Å². The summed E-state index contributed by atoms with van der Waals surface area (Å²) in [6.45, 7) is 11.0. The molecule has 0 aromatic carbocycles. The molecular formula is C20H30O2. The highest BCUT2D eigenvalue weighted by molar-refractivity contribution is 5.85. The number of fused-ring (bicyclic) bond motifs is 3. The third-order valence-electron chi connectivity index (χ3n) is 8.52. The highest BCUT2D eigenvalue weighted by atomic mass is 16.3. The number of carbonyl (C=O) groups excluding carboxylic acids is 1. The zero-order valence-electron chi connectivity index (χ0n) is 14.3. The molecule has 22 heavy (non-hydrogen) atoms. The Bertz CT molecular complexity index is 548. The minimum Gasteiger partial charge on any atom is -0.388 e. The minimum atomic E-state index is -0.302. The van der Waals surface area contributed by atoms with E-state index in [1.807, 2.05) is 0 Å². The number of Topliss-reactive ketones (excluding diaryl/α,β-unsaturated/α-hetero) is 1.